The minimum Gasteiger partial charge on any atom is -0.376 e. The van der Waals surface area contributed by atoms with Gasteiger partial charge in [-0.15, -0.1) is 0 Å². The smallest absolute Gasteiger partial charge is 0.199 e. The van der Waals surface area contributed by atoms with Crippen LogP contribution >= 0.6 is 0 Å². The summed E-state index contributed by atoms with van der Waals surface area (Å²) in [6.45, 7) is 3.83. The van der Waals surface area contributed by atoms with E-state index in [2.05, 4.69) is 0 Å². The number of benzene rings is 4. The Morgan fingerprint density at radius 3 is 2.00 bits per heavy atom. The molecule has 0 amide bonds. The van der Waals surface area contributed by atoms with Crippen molar-refractivity contribution in [3.8, 4) is 0 Å². The predicted octanol–water partition coefficient (Wildman–Crippen LogP) is 6.34. The number of fused-ring (bicyclic) bond motifs is 5. The summed E-state index contributed by atoms with van der Waals surface area (Å²) in [7, 11) is 0. The van der Waals surface area contributed by atoms with Gasteiger partial charge in [0.2, 0.25) is 0 Å². The Bertz CT molecular complexity index is 1590. The van der Waals surface area contributed by atoms with E-state index >= 15 is 0 Å². The highest BCUT2D eigenvalue weighted by Gasteiger charge is 2.62. The van der Waals surface area contributed by atoms with Crippen molar-refractivity contribution >= 4 is 17.3 Å². The van der Waals surface area contributed by atoms with Gasteiger partial charge >= 0.3 is 0 Å². The van der Waals surface area contributed by atoms with Crippen LogP contribution in [0.15, 0.2) is 97.1 Å². The van der Waals surface area contributed by atoms with Crippen LogP contribution < -0.4 is 0 Å². The van der Waals surface area contributed by atoms with Crippen LogP contribution in [0.5, 0.6) is 0 Å². The monoisotopic (exact) mass is 500 g/mol. The second-order valence-electron chi connectivity index (χ2n) is 10.6. The van der Waals surface area contributed by atoms with E-state index < -0.39 is 23.4 Å². The molecule has 4 heteroatoms. The molecule has 4 aromatic carbocycles. The first-order valence-electron chi connectivity index (χ1n) is 13.0. The van der Waals surface area contributed by atoms with Gasteiger partial charge in [-0.3, -0.25) is 14.4 Å². The lowest BCUT2D eigenvalue weighted by Gasteiger charge is -2.45. The normalized spacial score (nSPS) is 23.3. The average molecular weight is 501 g/mol. The molecule has 4 aromatic rings. The van der Waals surface area contributed by atoms with Crippen LogP contribution in [0, 0.1) is 19.8 Å². The third-order valence-electron chi connectivity index (χ3n) is 8.26. The molecule has 38 heavy (non-hydrogen) atoms. The van der Waals surface area contributed by atoms with Crippen LogP contribution in [-0.2, 0) is 5.60 Å². The van der Waals surface area contributed by atoms with Crippen LogP contribution in [0.3, 0.4) is 0 Å². The molecule has 2 aliphatic carbocycles. The van der Waals surface area contributed by atoms with E-state index in [1.54, 1.807) is 42.5 Å². The van der Waals surface area contributed by atoms with Gasteiger partial charge < -0.3 is 5.11 Å². The van der Waals surface area contributed by atoms with Crippen molar-refractivity contribution < 1.29 is 19.5 Å². The van der Waals surface area contributed by atoms with E-state index in [1.807, 2.05) is 68.4 Å². The molecule has 0 saturated heterocycles. The summed E-state index contributed by atoms with van der Waals surface area (Å²) in [5.41, 5.74) is 3.30. The second kappa shape index (κ2) is 9.00. The topological polar surface area (TPSA) is 71.4 Å². The zero-order chi connectivity index (χ0) is 26.6. The van der Waals surface area contributed by atoms with Gasteiger partial charge in [-0.1, -0.05) is 102 Å². The molecule has 0 aliphatic heterocycles. The molecule has 0 heterocycles. The van der Waals surface area contributed by atoms with E-state index in [4.69, 9.17) is 0 Å². The highest BCUT2D eigenvalue weighted by Crippen LogP contribution is 2.60. The Hall–Kier alpha value is -4.15. The quantitative estimate of drug-likeness (QED) is 0.325. The molecule has 4 nitrogen and oxygen atoms in total. The van der Waals surface area contributed by atoms with Gasteiger partial charge in [-0.25, -0.2) is 0 Å². The zero-order valence-corrected chi connectivity index (χ0v) is 21.3. The van der Waals surface area contributed by atoms with Gasteiger partial charge in [-0.05, 0) is 36.6 Å². The van der Waals surface area contributed by atoms with Gasteiger partial charge in [0.25, 0.3) is 0 Å². The van der Waals surface area contributed by atoms with Crippen LogP contribution in [-0.4, -0.2) is 22.5 Å². The number of aliphatic hydroxyl groups is 1. The summed E-state index contributed by atoms with van der Waals surface area (Å²) >= 11 is 0. The molecule has 0 radical (unpaired) electrons. The number of ketones is 3. The molecule has 4 atom stereocenters. The molecule has 0 aromatic heterocycles. The zero-order valence-electron chi connectivity index (χ0n) is 21.3. The van der Waals surface area contributed by atoms with Crippen LogP contribution in [0.4, 0.5) is 0 Å². The van der Waals surface area contributed by atoms with Crippen LogP contribution in [0.2, 0.25) is 0 Å². The molecule has 1 N–H and O–H groups in total. The maximum absolute atomic E-state index is 14.3. The van der Waals surface area contributed by atoms with E-state index in [0.717, 1.165) is 11.1 Å². The summed E-state index contributed by atoms with van der Waals surface area (Å²) in [6, 6.07) is 29.3. The summed E-state index contributed by atoms with van der Waals surface area (Å²) in [5.74, 6) is -2.76. The van der Waals surface area contributed by atoms with E-state index in [9.17, 15) is 19.5 Å². The first-order chi connectivity index (χ1) is 18.3. The second-order valence-corrected chi connectivity index (χ2v) is 10.6. The Morgan fingerprint density at radius 2 is 1.34 bits per heavy atom. The Kier molecular flexibility index (Phi) is 5.73. The van der Waals surface area contributed by atoms with Gasteiger partial charge in [0.05, 0.1) is 0 Å². The molecule has 2 aliphatic rings. The van der Waals surface area contributed by atoms with Crippen molar-refractivity contribution in [1.29, 1.82) is 0 Å². The van der Waals surface area contributed by atoms with Gasteiger partial charge in [0.15, 0.2) is 23.0 Å². The number of Topliss-reactive ketones (excluding diaryl/α,β-unsaturated/α-hetero) is 3. The van der Waals surface area contributed by atoms with E-state index in [-0.39, 0.29) is 23.8 Å². The maximum atomic E-state index is 14.3. The van der Waals surface area contributed by atoms with Crippen molar-refractivity contribution in [2.24, 2.45) is 5.92 Å². The molecule has 0 spiro atoms. The van der Waals surface area contributed by atoms with Gasteiger partial charge in [0, 0.05) is 40.9 Å². The number of rotatable bonds is 5. The molecular weight excluding hydrogens is 472 g/mol. The standard InChI is InChI=1S/C34H28O4/c1-20-14-16-25-27(17-20)33(37)34(38)28-18-21(2)13-15-24(28)26(19-29(35)22-9-5-3-6-10-22)30(31(25)34)32(36)23-11-7-4-8-12-23/h3-18,26,30-31,38H,19H2,1-2H3/t26-,30+,31-,34-/m0/s1. The molecule has 188 valence electrons. The fourth-order valence-electron chi connectivity index (χ4n) is 6.51. The molecule has 0 unspecified atom stereocenters. The lowest BCUT2D eigenvalue weighted by Crippen LogP contribution is -2.48. The first-order valence-corrected chi connectivity index (χ1v) is 13.0. The van der Waals surface area contributed by atoms with E-state index in [1.165, 1.54) is 0 Å². The number of carbonyl (C=O) groups is 3. The molecule has 0 saturated carbocycles. The molecule has 6 rings (SSSR count). The highest BCUT2D eigenvalue weighted by atomic mass is 16.3. The van der Waals surface area contributed by atoms with Crippen molar-refractivity contribution in [3.05, 3.63) is 142 Å². The maximum Gasteiger partial charge on any atom is 0.199 e. The third kappa shape index (κ3) is 3.59. The number of hydrogen-bond acceptors (Lipinski definition) is 4. The largest absolute Gasteiger partial charge is 0.376 e. The summed E-state index contributed by atoms with van der Waals surface area (Å²) in [5, 5.41) is 12.4. The number of carbonyl (C=O) groups excluding carboxylic acids is 3. The summed E-state index contributed by atoms with van der Waals surface area (Å²) in [6.07, 6.45) is 0.0886. The Morgan fingerprint density at radius 1 is 0.763 bits per heavy atom. The molecule has 0 fully saturated rings. The van der Waals surface area contributed by atoms with Crippen molar-refractivity contribution in [1.82, 2.24) is 0 Å². The van der Waals surface area contributed by atoms with Crippen LogP contribution in [0.25, 0.3) is 0 Å². The fourth-order valence-corrected chi connectivity index (χ4v) is 6.51. The van der Waals surface area contributed by atoms with Gasteiger partial charge in [0.1, 0.15) is 0 Å². The number of aryl methyl sites for hydroxylation is 2. The van der Waals surface area contributed by atoms with E-state index in [0.29, 0.717) is 33.4 Å². The predicted molar refractivity (Wildman–Crippen MR) is 146 cm³/mol. The highest BCUT2D eigenvalue weighted by molar-refractivity contribution is 6.11. The third-order valence-corrected chi connectivity index (χ3v) is 8.26. The fraction of sp³-hybridized carbons (Fsp3) is 0.206. The van der Waals surface area contributed by atoms with Crippen molar-refractivity contribution in [3.63, 3.8) is 0 Å². The summed E-state index contributed by atoms with van der Waals surface area (Å²) < 4.78 is 0. The first kappa shape index (κ1) is 24.2. The lowest BCUT2D eigenvalue weighted by atomic mass is 9.58. The lowest BCUT2D eigenvalue weighted by molar-refractivity contribution is -0.00163. The Labute approximate surface area is 222 Å². The number of hydrogen-bond donors (Lipinski definition) is 1. The minimum atomic E-state index is -1.89. The average Bonchev–Trinajstić information content (AvgIpc) is 3.16. The van der Waals surface area contributed by atoms with Crippen molar-refractivity contribution in [2.75, 3.05) is 0 Å². The molecular formula is C34H28O4. The Balaban J connectivity index is 1.61. The van der Waals surface area contributed by atoms with Crippen molar-refractivity contribution in [2.45, 2.75) is 37.7 Å². The SMILES string of the molecule is Cc1ccc2c(c1)C(=O)[C@]1(O)c3cc(C)ccc3[C@H](CC(=O)c3ccccc3)[C@@H](C(=O)c3ccccc3)[C@H]21. The van der Waals surface area contributed by atoms with Crippen LogP contribution in [0.1, 0.15) is 77.1 Å². The minimum absolute atomic E-state index is 0.0770. The summed E-state index contributed by atoms with van der Waals surface area (Å²) in [4.78, 5) is 41.9. The van der Waals surface area contributed by atoms with Gasteiger partial charge in [-0.2, -0.15) is 0 Å². The molecule has 0 bridgehead atoms.